The van der Waals surface area contributed by atoms with E-state index in [2.05, 4.69) is 17.1 Å². The van der Waals surface area contributed by atoms with Gasteiger partial charge in [-0.2, -0.15) is 0 Å². The molecule has 0 spiro atoms. The van der Waals surface area contributed by atoms with Gasteiger partial charge in [0.2, 0.25) is 0 Å². The van der Waals surface area contributed by atoms with Crippen LogP contribution in [-0.4, -0.2) is 43.8 Å². The standard InChI is InChI=1S/C10H21FN2/c1-9(12-2)8-13-6-3-4-10(11)5-7-13/h9-10,12H,3-8H2,1-2H3. The van der Waals surface area contributed by atoms with Crippen LogP contribution in [0.4, 0.5) is 4.39 Å². The third kappa shape index (κ3) is 4.05. The number of hydrogen-bond donors (Lipinski definition) is 1. The van der Waals surface area contributed by atoms with E-state index in [1.54, 1.807) is 0 Å². The van der Waals surface area contributed by atoms with Gasteiger partial charge in [0.05, 0.1) is 0 Å². The number of likely N-dealkylation sites (N-methyl/N-ethyl adjacent to an activating group) is 1. The van der Waals surface area contributed by atoms with Gasteiger partial charge in [-0.15, -0.1) is 0 Å². The fourth-order valence-corrected chi connectivity index (χ4v) is 1.78. The molecule has 0 amide bonds. The fraction of sp³-hybridized carbons (Fsp3) is 1.00. The Morgan fingerprint density at radius 1 is 1.46 bits per heavy atom. The largest absolute Gasteiger partial charge is 0.316 e. The SMILES string of the molecule is CNC(C)CN1CCCC(F)CC1. The maximum absolute atomic E-state index is 13.0. The predicted octanol–water partition coefficient (Wildman–Crippen LogP) is 1.42. The van der Waals surface area contributed by atoms with Crippen LogP contribution in [-0.2, 0) is 0 Å². The molecule has 0 aromatic heterocycles. The number of nitrogens with zero attached hydrogens (tertiary/aromatic N) is 1. The molecule has 1 N–H and O–H groups in total. The Hall–Kier alpha value is -0.150. The first-order valence-corrected chi connectivity index (χ1v) is 5.26. The molecule has 3 heteroatoms. The number of halogens is 1. The van der Waals surface area contributed by atoms with E-state index in [1.165, 1.54) is 0 Å². The van der Waals surface area contributed by atoms with Crippen LogP contribution in [0.2, 0.25) is 0 Å². The first-order valence-electron chi connectivity index (χ1n) is 5.26. The van der Waals surface area contributed by atoms with Crippen LogP contribution in [0.25, 0.3) is 0 Å². The van der Waals surface area contributed by atoms with Crippen molar-refractivity contribution in [2.24, 2.45) is 0 Å². The van der Waals surface area contributed by atoms with E-state index < -0.39 is 6.17 Å². The minimum absolute atomic E-state index is 0.510. The number of alkyl halides is 1. The second kappa shape index (κ2) is 5.55. The number of nitrogens with one attached hydrogen (secondary N) is 1. The zero-order chi connectivity index (χ0) is 9.68. The average molecular weight is 188 g/mol. The lowest BCUT2D eigenvalue weighted by Gasteiger charge is -2.23. The van der Waals surface area contributed by atoms with Crippen LogP contribution < -0.4 is 5.32 Å². The summed E-state index contributed by atoms with van der Waals surface area (Å²) in [5.41, 5.74) is 0. The summed E-state index contributed by atoms with van der Waals surface area (Å²) < 4.78 is 13.0. The molecule has 2 unspecified atom stereocenters. The highest BCUT2D eigenvalue weighted by Gasteiger charge is 2.16. The molecule has 0 bridgehead atoms. The topological polar surface area (TPSA) is 15.3 Å². The molecule has 13 heavy (non-hydrogen) atoms. The third-order valence-corrected chi connectivity index (χ3v) is 2.78. The summed E-state index contributed by atoms with van der Waals surface area (Å²) in [5, 5.41) is 3.21. The van der Waals surface area contributed by atoms with E-state index in [0.717, 1.165) is 38.9 Å². The second-order valence-corrected chi connectivity index (χ2v) is 4.02. The molecule has 1 heterocycles. The molecule has 0 saturated carbocycles. The van der Waals surface area contributed by atoms with E-state index in [-0.39, 0.29) is 0 Å². The predicted molar refractivity (Wildman–Crippen MR) is 53.7 cm³/mol. The molecule has 1 saturated heterocycles. The Morgan fingerprint density at radius 3 is 2.92 bits per heavy atom. The highest BCUT2D eigenvalue weighted by Crippen LogP contribution is 2.13. The Kier molecular flexibility index (Phi) is 4.67. The summed E-state index contributed by atoms with van der Waals surface area (Å²) in [4.78, 5) is 2.36. The number of hydrogen-bond acceptors (Lipinski definition) is 2. The van der Waals surface area contributed by atoms with Crippen molar-refractivity contribution in [3.05, 3.63) is 0 Å². The Balaban J connectivity index is 2.25. The van der Waals surface area contributed by atoms with Gasteiger partial charge in [0.25, 0.3) is 0 Å². The summed E-state index contributed by atoms with van der Waals surface area (Å²) in [7, 11) is 1.97. The van der Waals surface area contributed by atoms with Crippen LogP contribution in [0, 0.1) is 0 Å². The molecule has 1 fully saturated rings. The van der Waals surface area contributed by atoms with E-state index in [1.807, 2.05) is 7.05 Å². The zero-order valence-corrected chi connectivity index (χ0v) is 8.72. The molecule has 0 aromatic rings. The Morgan fingerprint density at radius 2 is 2.23 bits per heavy atom. The molecule has 2 atom stereocenters. The summed E-state index contributed by atoms with van der Waals surface area (Å²) >= 11 is 0. The third-order valence-electron chi connectivity index (χ3n) is 2.78. The lowest BCUT2D eigenvalue weighted by Crippen LogP contribution is -2.38. The molecule has 1 rings (SSSR count). The van der Waals surface area contributed by atoms with Crippen LogP contribution in [0.5, 0.6) is 0 Å². The van der Waals surface area contributed by atoms with Crippen molar-refractivity contribution >= 4 is 0 Å². The van der Waals surface area contributed by atoms with Crippen molar-refractivity contribution in [2.75, 3.05) is 26.7 Å². The van der Waals surface area contributed by atoms with Crippen LogP contribution >= 0.6 is 0 Å². The first kappa shape index (κ1) is 10.9. The summed E-state index contributed by atoms with van der Waals surface area (Å²) in [5.74, 6) is 0. The summed E-state index contributed by atoms with van der Waals surface area (Å²) in [6, 6.07) is 0.510. The summed E-state index contributed by atoms with van der Waals surface area (Å²) in [6.45, 7) is 5.20. The maximum Gasteiger partial charge on any atom is 0.101 e. The van der Waals surface area contributed by atoms with Crippen LogP contribution in [0.1, 0.15) is 26.2 Å². The van der Waals surface area contributed by atoms with Crippen LogP contribution in [0.15, 0.2) is 0 Å². The molecule has 1 aliphatic rings. The molecule has 78 valence electrons. The van der Waals surface area contributed by atoms with Crippen LogP contribution in [0.3, 0.4) is 0 Å². The molecular weight excluding hydrogens is 167 g/mol. The average Bonchev–Trinajstić information content (AvgIpc) is 2.31. The molecule has 0 aromatic carbocycles. The highest BCUT2D eigenvalue weighted by molar-refractivity contribution is 4.72. The molecule has 1 aliphatic heterocycles. The van der Waals surface area contributed by atoms with Gasteiger partial charge in [-0.25, -0.2) is 4.39 Å². The van der Waals surface area contributed by atoms with Gasteiger partial charge >= 0.3 is 0 Å². The van der Waals surface area contributed by atoms with Crippen molar-refractivity contribution < 1.29 is 4.39 Å². The van der Waals surface area contributed by atoms with Crippen molar-refractivity contribution in [1.82, 2.24) is 10.2 Å². The molecular formula is C10H21FN2. The lowest BCUT2D eigenvalue weighted by atomic mass is 10.2. The van der Waals surface area contributed by atoms with Gasteiger partial charge < -0.3 is 10.2 Å². The molecule has 0 radical (unpaired) electrons. The van der Waals surface area contributed by atoms with Gasteiger partial charge in [-0.1, -0.05) is 0 Å². The second-order valence-electron chi connectivity index (χ2n) is 4.02. The lowest BCUT2D eigenvalue weighted by molar-refractivity contribution is 0.246. The van der Waals surface area contributed by atoms with E-state index in [0.29, 0.717) is 6.04 Å². The van der Waals surface area contributed by atoms with Gasteiger partial charge in [0.15, 0.2) is 0 Å². The smallest absolute Gasteiger partial charge is 0.101 e. The molecule has 0 aliphatic carbocycles. The van der Waals surface area contributed by atoms with Gasteiger partial charge in [-0.05, 0) is 39.8 Å². The monoisotopic (exact) mass is 188 g/mol. The normalized spacial score (nSPS) is 28.4. The number of rotatable bonds is 3. The minimum Gasteiger partial charge on any atom is -0.316 e. The highest BCUT2D eigenvalue weighted by atomic mass is 19.1. The number of likely N-dealkylation sites (tertiary alicyclic amines) is 1. The Bertz CT molecular complexity index is 141. The zero-order valence-electron chi connectivity index (χ0n) is 8.72. The maximum atomic E-state index is 13.0. The quantitative estimate of drug-likeness (QED) is 0.720. The summed E-state index contributed by atoms with van der Waals surface area (Å²) in [6.07, 6.45) is 1.92. The first-order chi connectivity index (χ1) is 6.22. The van der Waals surface area contributed by atoms with Crippen molar-refractivity contribution in [2.45, 2.75) is 38.4 Å². The fourth-order valence-electron chi connectivity index (χ4n) is 1.78. The van der Waals surface area contributed by atoms with E-state index in [9.17, 15) is 4.39 Å². The Labute approximate surface area is 80.5 Å². The van der Waals surface area contributed by atoms with Gasteiger partial charge in [0.1, 0.15) is 6.17 Å². The van der Waals surface area contributed by atoms with Crippen molar-refractivity contribution in [3.8, 4) is 0 Å². The molecule has 2 nitrogen and oxygen atoms in total. The van der Waals surface area contributed by atoms with Gasteiger partial charge in [-0.3, -0.25) is 0 Å². The van der Waals surface area contributed by atoms with E-state index >= 15 is 0 Å². The van der Waals surface area contributed by atoms with Gasteiger partial charge in [0, 0.05) is 19.1 Å². The van der Waals surface area contributed by atoms with Crippen molar-refractivity contribution in [1.29, 1.82) is 0 Å². The van der Waals surface area contributed by atoms with E-state index in [4.69, 9.17) is 0 Å². The minimum atomic E-state index is -0.560. The van der Waals surface area contributed by atoms with Crippen molar-refractivity contribution in [3.63, 3.8) is 0 Å².